The zero-order chi connectivity index (χ0) is 19.0. The number of sulfone groups is 1. The summed E-state index contributed by atoms with van der Waals surface area (Å²) in [6, 6.07) is 17.0. The molecule has 4 rings (SSSR count). The summed E-state index contributed by atoms with van der Waals surface area (Å²) in [5, 5.41) is 3.01. The normalized spacial score (nSPS) is 15.6. The average Bonchev–Trinajstić information content (AvgIpc) is 3.42. The molecule has 140 valence electrons. The van der Waals surface area contributed by atoms with Crippen molar-refractivity contribution in [1.29, 1.82) is 0 Å². The highest BCUT2D eigenvalue weighted by atomic mass is 32.2. The SMILES string of the molecule is CS(=O)(=O)c1nc2ccccc2n1CC(=O)NC(c1ccccc1)C1CC1. The van der Waals surface area contributed by atoms with Crippen molar-refractivity contribution in [2.24, 2.45) is 5.92 Å². The van der Waals surface area contributed by atoms with Gasteiger partial charge in [-0.3, -0.25) is 4.79 Å². The van der Waals surface area contributed by atoms with Gasteiger partial charge in [0.2, 0.25) is 20.9 Å². The molecule has 0 aliphatic heterocycles. The van der Waals surface area contributed by atoms with Crippen LogP contribution in [0.4, 0.5) is 0 Å². The zero-order valence-corrected chi connectivity index (χ0v) is 15.8. The Kier molecular flexibility index (Phi) is 4.47. The standard InChI is InChI=1S/C20H21N3O3S/c1-27(25,26)20-21-16-9-5-6-10-17(16)23(20)13-18(24)22-19(15-11-12-15)14-7-3-2-4-8-14/h2-10,15,19H,11-13H2,1H3,(H,22,24). The van der Waals surface area contributed by atoms with Crippen LogP contribution in [0.1, 0.15) is 24.4 Å². The molecule has 1 N–H and O–H groups in total. The van der Waals surface area contributed by atoms with Crippen molar-refractivity contribution in [3.05, 3.63) is 60.2 Å². The maximum Gasteiger partial charge on any atom is 0.240 e. The van der Waals surface area contributed by atoms with E-state index >= 15 is 0 Å². The van der Waals surface area contributed by atoms with Crippen molar-refractivity contribution < 1.29 is 13.2 Å². The topological polar surface area (TPSA) is 81.1 Å². The molecule has 6 nitrogen and oxygen atoms in total. The highest BCUT2D eigenvalue weighted by molar-refractivity contribution is 7.90. The van der Waals surface area contributed by atoms with Crippen LogP contribution in [0.5, 0.6) is 0 Å². The number of imidazole rings is 1. The molecule has 0 spiro atoms. The first kappa shape index (κ1) is 17.7. The highest BCUT2D eigenvalue weighted by Crippen LogP contribution is 2.40. The molecule has 0 radical (unpaired) electrons. The number of hydrogen-bond acceptors (Lipinski definition) is 4. The lowest BCUT2D eigenvalue weighted by molar-refractivity contribution is -0.122. The fourth-order valence-electron chi connectivity index (χ4n) is 3.42. The summed E-state index contributed by atoms with van der Waals surface area (Å²) in [5.74, 6) is 0.217. The first-order chi connectivity index (χ1) is 12.9. The molecule has 2 aromatic carbocycles. The van der Waals surface area contributed by atoms with Crippen molar-refractivity contribution in [2.75, 3.05) is 6.26 Å². The van der Waals surface area contributed by atoms with Gasteiger partial charge in [-0.25, -0.2) is 13.4 Å². The molecular formula is C20H21N3O3S. The number of benzene rings is 2. The molecule has 1 unspecified atom stereocenters. The monoisotopic (exact) mass is 383 g/mol. The zero-order valence-electron chi connectivity index (χ0n) is 15.0. The van der Waals surface area contributed by atoms with E-state index in [0.717, 1.165) is 24.7 Å². The Labute approximate surface area is 158 Å². The lowest BCUT2D eigenvalue weighted by Gasteiger charge is -2.19. The number of hydrogen-bond donors (Lipinski definition) is 1. The number of aromatic nitrogens is 2. The highest BCUT2D eigenvalue weighted by Gasteiger charge is 2.33. The van der Waals surface area contributed by atoms with Crippen molar-refractivity contribution in [2.45, 2.75) is 30.6 Å². The Hall–Kier alpha value is -2.67. The van der Waals surface area contributed by atoms with Crippen LogP contribution in [-0.2, 0) is 21.2 Å². The summed E-state index contributed by atoms with van der Waals surface area (Å²) in [6.07, 6.45) is 3.28. The molecule has 1 saturated carbocycles. The van der Waals surface area contributed by atoms with Crippen LogP contribution in [0.3, 0.4) is 0 Å². The molecule has 1 atom stereocenters. The summed E-state index contributed by atoms with van der Waals surface area (Å²) < 4.78 is 25.8. The van der Waals surface area contributed by atoms with Gasteiger partial charge in [0.15, 0.2) is 0 Å². The number of carbonyl (C=O) groups is 1. The van der Waals surface area contributed by atoms with Crippen LogP contribution in [0.15, 0.2) is 59.8 Å². The lowest BCUT2D eigenvalue weighted by Crippen LogP contribution is -2.33. The summed E-state index contributed by atoms with van der Waals surface area (Å²) in [4.78, 5) is 17.0. The molecule has 1 aromatic heterocycles. The summed E-state index contributed by atoms with van der Waals surface area (Å²) in [5.41, 5.74) is 2.27. The third kappa shape index (κ3) is 3.73. The Morgan fingerprint density at radius 3 is 2.48 bits per heavy atom. The number of nitrogens with zero attached hydrogens (tertiary/aromatic N) is 2. The lowest BCUT2D eigenvalue weighted by atomic mass is 10.0. The van der Waals surface area contributed by atoms with E-state index in [1.54, 1.807) is 24.3 Å². The van der Waals surface area contributed by atoms with Crippen LogP contribution in [-0.4, -0.2) is 30.1 Å². The van der Waals surface area contributed by atoms with E-state index in [1.807, 2.05) is 30.3 Å². The molecule has 1 aliphatic rings. The minimum absolute atomic E-state index is 0.0461. The van der Waals surface area contributed by atoms with Crippen LogP contribution in [0.25, 0.3) is 11.0 Å². The fourth-order valence-corrected chi connectivity index (χ4v) is 4.24. The van der Waals surface area contributed by atoms with Gasteiger partial charge in [0.1, 0.15) is 6.54 Å². The smallest absolute Gasteiger partial charge is 0.240 e. The van der Waals surface area contributed by atoms with E-state index in [4.69, 9.17) is 0 Å². The number of nitrogens with one attached hydrogen (secondary N) is 1. The van der Waals surface area contributed by atoms with Gasteiger partial charge >= 0.3 is 0 Å². The van der Waals surface area contributed by atoms with E-state index < -0.39 is 9.84 Å². The maximum absolute atomic E-state index is 12.8. The molecule has 27 heavy (non-hydrogen) atoms. The predicted octanol–water partition coefficient (Wildman–Crippen LogP) is 2.71. The second-order valence-electron chi connectivity index (χ2n) is 7.03. The molecule has 1 heterocycles. The van der Waals surface area contributed by atoms with Gasteiger partial charge in [-0.1, -0.05) is 42.5 Å². The average molecular weight is 383 g/mol. The first-order valence-electron chi connectivity index (χ1n) is 8.93. The number of fused-ring (bicyclic) bond motifs is 1. The van der Waals surface area contributed by atoms with Crippen molar-refractivity contribution in [1.82, 2.24) is 14.9 Å². The van der Waals surface area contributed by atoms with E-state index in [1.165, 1.54) is 4.57 Å². The number of para-hydroxylation sites is 2. The van der Waals surface area contributed by atoms with E-state index in [2.05, 4.69) is 10.3 Å². The predicted molar refractivity (Wildman–Crippen MR) is 103 cm³/mol. The molecule has 1 aliphatic carbocycles. The molecule has 0 saturated heterocycles. The second-order valence-corrected chi connectivity index (χ2v) is 8.94. The van der Waals surface area contributed by atoms with Crippen LogP contribution < -0.4 is 5.32 Å². The number of carbonyl (C=O) groups excluding carboxylic acids is 1. The largest absolute Gasteiger partial charge is 0.347 e. The molecule has 1 amide bonds. The summed E-state index contributed by atoms with van der Waals surface area (Å²) in [6.45, 7) is -0.0844. The fraction of sp³-hybridized carbons (Fsp3) is 0.300. The third-order valence-electron chi connectivity index (χ3n) is 4.82. The molecule has 3 aromatic rings. The molecule has 7 heteroatoms. The second kappa shape index (κ2) is 6.81. The Balaban J connectivity index is 1.63. The summed E-state index contributed by atoms with van der Waals surface area (Å²) >= 11 is 0. The van der Waals surface area contributed by atoms with Crippen LogP contribution in [0, 0.1) is 5.92 Å². The van der Waals surface area contributed by atoms with Gasteiger partial charge in [0.25, 0.3) is 0 Å². The Bertz CT molecular complexity index is 1090. The van der Waals surface area contributed by atoms with E-state index in [-0.39, 0.29) is 23.7 Å². The quantitative estimate of drug-likeness (QED) is 0.710. The Morgan fingerprint density at radius 1 is 1.15 bits per heavy atom. The van der Waals surface area contributed by atoms with Crippen molar-refractivity contribution >= 4 is 26.8 Å². The number of amides is 1. The van der Waals surface area contributed by atoms with E-state index in [9.17, 15) is 13.2 Å². The minimum Gasteiger partial charge on any atom is -0.347 e. The number of rotatable bonds is 6. The third-order valence-corrected chi connectivity index (χ3v) is 5.80. The van der Waals surface area contributed by atoms with Gasteiger partial charge in [0, 0.05) is 6.26 Å². The molecule has 1 fully saturated rings. The molecular weight excluding hydrogens is 362 g/mol. The van der Waals surface area contributed by atoms with Crippen molar-refractivity contribution in [3.63, 3.8) is 0 Å². The van der Waals surface area contributed by atoms with Crippen LogP contribution >= 0.6 is 0 Å². The Morgan fingerprint density at radius 2 is 1.81 bits per heavy atom. The van der Waals surface area contributed by atoms with Gasteiger partial charge < -0.3 is 9.88 Å². The van der Waals surface area contributed by atoms with Crippen molar-refractivity contribution in [3.8, 4) is 0 Å². The summed E-state index contributed by atoms with van der Waals surface area (Å²) in [7, 11) is -3.55. The van der Waals surface area contributed by atoms with Gasteiger partial charge in [-0.15, -0.1) is 0 Å². The minimum atomic E-state index is -3.55. The first-order valence-corrected chi connectivity index (χ1v) is 10.8. The van der Waals surface area contributed by atoms with Crippen LogP contribution in [0.2, 0.25) is 0 Å². The van der Waals surface area contributed by atoms with E-state index in [0.29, 0.717) is 17.0 Å². The maximum atomic E-state index is 12.8. The van der Waals surface area contributed by atoms with Gasteiger partial charge in [0.05, 0.1) is 17.1 Å². The van der Waals surface area contributed by atoms with Gasteiger partial charge in [-0.05, 0) is 36.5 Å². The van der Waals surface area contributed by atoms with Gasteiger partial charge in [-0.2, -0.15) is 0 Å². The molecule has 0 bridgehead atoms.